The van der Waals surface area contributed by atoms with Crippen LogP contribution in [0.3, 0.4) is 0 Å². The van der Waals surface area contributed by atoms with Crippen molar-refractivity contribution in [2.24, 2.45) is 0 Å². The van der Waals surface area contributed by atoms with Crippen molar-refractivity contribution in [2.45, 2.75) is 57.4 Å². The highest BCUT2D eigenvalue weighted by atomic mass is 16.5. The molecule has 148 valence electrons. The molecule has 2 heterocycles. The zero-order valence-electron chi connectivity index (χ0n) is 15.7. The number of carbonyl (C=O) groups is 2. The van der Waals surface area contributed by atoms with E-state index in [9.17, 15) is 14.7 Å². The van der Waals surface area contributed by atoms with E-state index in [4.69, 9.17) is 4.74 Å². The smallest absolute Gasteiger partial charge is 0.315 e. The number of rotatable bonds is 8. The highest BCUT2D eigenvalue weighted by molar-refractivity contribution is 5.77. The fourth-order valence-corrected chi connectivity index (χ4v) is 3.21. The van der Waals surface area contributed by atoms with Gasteiger partial charge in [0.15, 0.2) is 0 Å². The van der Waals surface area contributed by atoms with Crippen molar-refractivity contribution < 1.29 is 19.4 Å². The van der Waals surface area contributed by atoms with E-state index in [0.717, 1.165) is 19.6 Å². The molecule has 0 bridgehead atoms. The molecule has 0 aromatic heterocycles. The van der Waals surface area contributed by atoms with Gasteiger partial charge in [-0.3, -0.25) is 4.79 Å². The number of nitrogens with zero attached hydrogens (tertiary/aromatic N) is 1. The molecular weight excluding hydrogens is 336 g/mol. The first-order valence-corrected chi connectivity index (χ1v) is 9.48. The summed E-state index contributed by atoms with van der Waals surface area (Å²) < 4.78 is 5.75. The highest BCUT2D eigenvalue weighted by Gasteiger charge is 2.29. The van der Waals surface area contributed by atoms with Crippen molar-refractivity contribution >= 4 is 11.9 Å². The van der Waals surface area contributed by atoms with Gasteiger partial charge in [0.25, 0.3) is 0 Å². The van der Waals surface area contributed by atoms with E-state index >= 15 is 0 Å². The molecule has 0 saturated carbocycles. The van der Waals surface area contributed by atoms with Crippen LogP contribution < -0.4 is 16.0 Å². The average molecular weight is 368 g/mol. The second kappa shape index (κ2) is 10.5. The lowest BCUT2D eigenvalue weighted by molar-refractivity contribution is -0.125. The SMILES string of the molecule is CC(C)NC(=O)N[C@H]1C=C[C@@H](CC(=O)NCCN2CCCC2)O[C@H]1CO. The number of amides is 3. The van der Waals surface area contributed by atoms with E-state index in [1.807, 2.05) is 13.8 Å². The Labute approximate surface area is 155 Å². The third-order valence-electron chi connectivity index (χ3n) is 4.52. The van der Waals surface area contributed by atoms with Gasteiger partial charge in [-0.15, -0.1) is 0 Å². The molecule has 0 aromatic rings. The quantitative estimate of drug-likeness (QED) is 0.451. The summed E-state index contributed by atoms with van der Waals surface area (Å²) in [6.07, 6.45) is 5.27. The third kappa shape index (κ3) is 6.93. The zero-order chi connectivity index (χ0) is 18.9. The maximum Gasteiger partial charge on any atom is 0.315 e. The Morgan fingerprint density at radius 1 is 1.27 bits per heavy atom. The van der Waals surface area contributed by atoms with Crippen molar-refractivity contribution in [3.05, 3.63) is 12.2 Å². The molecule has 0 spiro atoms. The molecule has 3 amide bonds. The van der Waals surface area contributed by atoms with E-state index in [1.165, 1.54) is 12.8 Å². The van der Waals surface area contributed by atoms with Crippen molar-refractivity contribution in [1.82, 2.24) is 20.9 Å². The number of hydrogen-bond acceptors (Lipinski definition) is 5. The van der Waals surface area contributed by atoms with Gasteiger partial charge in [0.1, 0.15) is 6.10 Å². The summed E-state index contributed by atoms with van der Waals surface area (Å²) in [5.74, 6) is -0.0699. The van der Waals surface area contributed by atoms with Crippen LogP contribution in [0, 0.1) is 0 Å². The number of aliphatic hydroxyl groups is 1. The van der Waals surface area contributed by atoms with Gasteiger partial charge in [0, 0.05) is 19.1 Å². The summed E-state index contributed by atoms with van der Waals surface area (Å²) >= 11 is 0. The van der Waals surface area contributed by atoms with Crippen LogP contribution in [0.1, 0.15) is 33.1 Å². The minimum Gasteiger partial charge on any atom is -0.394 e. The normalized spacial score (nSPS) is 26.1. The van der Waals surface area contributed by atoms with Crippen LogP contribution in [0.15, 0.2) is 12.2 Å². The minimum atomic E-state index is -0.569. The lowest BCUT2D eigenvalue weighted by Crippen LogP contribution is -2.52. The van der Waals surface area contributed by atoms with Crippen LogP contribution in [-0.2, 0) is 9.53 Å². The lowest BCUT2D eigenvalue weighted by atomic mass is 10.0. The Bertz CT molecular complexity index is 492. The molecule has 0 unspecified atom stereocenters. The second-order valence-corrected chi connectivity index (χ2v) is 7.18. The van der Waals surface area contributed by atoms with E-state index in [-0.39, 0.29) is 31.0 Å². The number of nitrogens with one attached hydrogen (secondary N) is 3. The monoisotopic (exact) mass is 368 g/mol. The van der Waals surface area contributed by atoms with E-state index in [0.29, 0.717) is 6.54 Å². The first-order valence-electron chi connectivity index (χ1n) is 9.48. The molecule has 26 heavy (non-hydrogen) atoms. The van der Waals surface area contributed by atoms with Gasteiger partial charge >= 0.3 is 6.03 Å². The van der Waals surface area contributed by atoms with Gasteiger partial charge in [-0.25, -0.2) is 4.79 Å². The molecule has 2 rings (SSSR count). The number of ether oxygens (including phenoxy) is 1. The Hall–Kier alpha value is -1.64. The number of hydrogen-bond donors (Lipinski definition) is 4. The summed E-state index contributed by atoms with van der Waals surface area (Å²) in [7, 11) is 0. The molecule has 1 fully saturated rings. The molecule has 0 aromatic carbocycles. The van der Waals surface area contributed by atoms with E-state index in [2.05, 4.69) is 20.9 Å². The lowest BCUT2D eigenvalue weighted by Gasteiger charge is -2.31. The Kier molecular flexibility index (Phi) is 8.34. The van der Waals surface area contributed by atoms with Gasteiger partial charge in [-0.2, -0.15) is 0 Å². The van der Waals surface area contributed by atoms with Crippen molar-refractivity contribution in [3.8, 4) is 0 Å². The van der Waals surface area contributed by atoms with E-state index in [1.54, 1.807) is 12.2 Å². The van der Waals surface area contributed by atoms with Crippen molar-refractivity contribution in [3.63, 3.8) is 0 Å². The fraction of sp³-hybridized carbons (Fsp3) is 0.778. The summed E-state index contributed by atoms with van der Waals surface area (Å²) in [5, 5.41) is 17.9. The molecule has 8 heteroatoms. The molecular formula is C18H32N4O4. The highest BCUT2D eigenvalue weighted by Crippen LogP contribution is 2.15. The maximum atomic E-state index is 12.1. The van der Waals surface area contributed by atoms with Crippen LogP contribution in [0.4, 0.5) is 4.79 Å². The molecule has 0 radical (unpaired) electrons. The Morgan fingerprint density at radius 2 is 2.00 bits per heavy atom. The molecule has 4 N–H and O–H groups in total. The summed E-state index contributed by atoms with van der Waals surface area (Å²) in [6, 6.07) is -0.712. The molecule has 0 aliphatic carbocycles. The van der Waals surface area contributed by atoms with Gasteiger partial charge in [-0.05, 0) is 39.8 Å². The number of carbonyl (C=O) groups excluding carboxylic acids is 2. The summed E-state index contributed by atoms with van der Waals surface area (Å²) in [5.41, 5.74) is 0. The van der Waals surface area contributed by atoms with Gasteiger partial charge in [0.05, 0.1) is 25.2 Å². The Morgan fingerprint density at radius 3 is 2.65 bits per heavy atom. The predicted octanol–water partition coefficient (Wildman–Crippen LogP) is -0.0194. The van der Waals surface area contributed by atoms with Crippen LogP contribution >= 0.6 is 0 Å². The van der Waals surface area contributed by atoms with Crippen LogP contribution in [0.2, 0.25) is 0 Å². The number of urea groups is 1. The first-order chi connectivity index (χ1) is 12.5. The average Bonchev–Trinajstić information content (AvgIpc) is 3.08. The summed E-state index contributed by atoms with van der Waals surface area (Å²) in [6.45, 7) is 7.25. The molecule has 3 atom stereocenters. The Balaban J connectivity index is 1.73. The maximum absolute atomic E-state index is 12.1. The summed E-state index contributed by atoms with van der Waals surface area (Å²) in [4.78, 5) is 26.2. The van der Waals surface area contributed by atoms with Crippen LogP contribution in [0.25, 0.3) is 0 Å². The standard InChI is InChI=1S/C18H32N4O4/c1-13(2)20-18(25)21-15-6-5-14(26-16(15)12-23)11-17(24)19-7-10-22-8-3-4-9-22/h5-6,13-16,23H,3-4,7-12H2,1-2H3,(H,19,24)(H2,20,21,25)/t14-,15-,16-/m0/s1. The molecule has 2 aliphatic heterocycles. The minimum absolute atomic E-state index is 0.0214. The van der Waals surface area contributed by atoms with Crippen molar-refractivity contribution in [1.29, 1.82) is 0 Å². The third-order valence-corrected chi connectivity index (χ3v) is 4.52. The fourth-order valence-electron chi connectivity index (χ4n) is 3.21. The number of aliphatic hydroxyl groups excluding tert-OH is 1. The van der Waals surface area contributed by atoms with Crippen LogP contribution in [-0.4, -0.2) is 79.0 Å². The number of likely N-dealkylation sites (tertiary alicyclic amines) is 1. The predicted molar refractivity (Wildman–Crippen MR) is 98.8 cm³/mol. The van der Waals surface area contributed by atoms with Crippen molar-refractivity contribution in [2.75, 3.05) is 32.8 Å². The topological polar surface area (TPSA) is 103 Å². The molecule has 1 saturated heterocycles. The van der Waals surface area contributed by atoms with Gasteiger partial charge < -0.3 is 30.7 Å². The second-order valence-electron chi connectivity index (χ2n) is 7.18. The van der Waals surface area contributed by atoms with Gasteiger partial charge in [0.2, 0.25) is 5.91 Å². The van der Waals surface area contributed by atoms with Gasteiger partial charge in [-0.1, -0.05) is 12.2 Å². The first kappa shape index (κ1) is 20.7. The molecule has 8 nitrogen and oxygen atoms in total. The largest absolute Gasteiger partial charge is 0.394 e. The molecule has 2 aliphatic rings. The van der Waals surface area contributed by atoms with E-state index < -0.39 is 18.2 Å². The zero-order valence-corrected chi connectivity index (χ0v) is 15.7. The van der Waals surface area contributed by atoms with Crippen LogP contribution in [0.5, 0.6) is 0 Å².